The van der Waals surface area contributed by atoms with Gasteiger partial charge in [0, 0.05) is 0 Å². The second-order valence-electron chi connectivity index (χ2n) is 5.64. The van der Waals surface area contributed by atoms with Crippen molar-refractivity contribution in [3.05, 3.63) is 23.7 Å². The average Bonchev–Trinajstić information content (AvgIpc) is 3.03. The van der Waals surface area contributed by atoms with Crippen LogP contribution in [0.3, 0.4) is 0 Å². The van der Waals surface area contributed by atoms with E-state index in [1.165, 1.54) is 31.7 Å². The molecule has 1 aromatic heterocycles. The monoisotopic (exact) mass is 249 g/mol. The Morgan fingerprint density at radius 1 is 1.39 bits per heavy atom. The average molecular weight is 249 g/mol. The van der Waals surface area contributed by atoms with E-state index in [0.717, 1.165) is 24.3 Å². The number of fused-ring (bicyclic) bond motifs is 2. The van der Waals surface area contributed by atoms with Gasteiger partial charge in [-0.2, -0.15) is 0 Å². The van der Waals surface area contributed by atoms with Crippen LogP contribution in [0, 0.1) is 17.8 Å². The van der Waals surface area contributed by atoms with Crippen LogP contribution in [-0.4, -0.2) is 17.6 Å². The Bertz CT molecular complexity index is 440. The molecule has 0 aromatic carbocycles. The molecule has 0 radical (unpaired) electrons. The van der Waals surface area contributed by atoms with Gasteiger partial charge in [0.2, 0.25) is 5.76 Å². The molecule has 0 saturated heterocycles. The molecule has 4 nitrogen and oxygen atoms in total. The lowest BCUT2D eigenvalue weighted by Crippen LogP contribution is -2.26. The summed E-state index contributed by atoms with van der Waals surface area (Å²) in [5.74, 6) is 2.44. The summed E-state index contributed by atoms with van der Waals surface area (Å²) in [5.41, 5.74) is 0. The van der Waals surface area contributed by atoms with Gasteiger partial charge in [-0.1, -0.05) is 6.42 Å². The number of carboxylic acids is 1. The van der Waals surface area contributed by atoms with Crippen LogP contribution in [0.1, 0.15) is 42.0 Å². The Morgan fingerprint density at radius 2 is 2.28 bits per heavy atom. The van der Waals surface area contributed by atoms with Gasteiger partial charge in [-0.05, 0) is 55.7 Å². The molecule has 3 atom stereocenters. The van der Waals surface area contributed by atoms with Gasteiger partial charge in [0.05, 0.1) is 6.54 Å². The summed E-state index contributed by atoms with van der Waals surface area (Å²) in [6, 6.07) is 3.24. The van der Waals surface area contributed by atoms with Crippen LogP contribution in [0.4, 0.5) is 0 Å². The zero-order chi connectivity index (χ0) is 12.5. The summed E-state index contributed by atoms with van der Waals surface area (Å²) in [5, 5.41) is 12.1. The second-order valence-corrected chi connectivity index (χ2v) is 5.64. The van der Waals surface area contributed by atoms with E-state index in [-0.39, 0.29) is 5.76 Å². The molecule has 0 amide bonds. The van der Waals surface area contributed by atoms with E-state index in [9.17, 15) is 4.79 Å². The molecule has 3 unspecified atom stereocenters. The van der Waals surface area contributed by atoms with Gasteiger partial charge in [0.1, 0.15) is 5.76 Å². The van der Waals surface area contributed by atoms with E-state index in [1.807, 2.05) is 0 Å². The third-order valence-corrected chi connectivity index (χ3v) is 4.46. The predicted molar refractivity (Wildman–Crippen MR) is 66.3 cm³/mol. The van der Waals surface area contributed by atoms with Crippen molar-refractivity contribution in [2.45, 2.75) is 32.2 Å². The molecule has 3 rings (SSSR count). The molecule has 2 aliphatic rings. The van der Waals surface area contributed by atoms with Gasteiger partial charge in [0.25, 0.3) is 0 Å². The van der Waals surface area contributed by atoms with Crippen LogP contribution in [0.5, 0.6) is 0 Å². The van der Waals surface area contributed by atoms with Gasteiger partial charge in [0.15, 0.2) is 0 Å². The fourth-order valence-corrected chi connectivity index (χ4v) is 3.60. The van der Waals surface area contributed by atoms with Crippen molar-refractivity contribution in [1.82, 2.24) is 5.32 Å². The summed E-state index contributed by atoms with van der Waals surface area (Å²) >= 11 is 0. The SMILES string of the molecule is O=C(O)c1ccc(CNCC2CC3CCC2C3)o1. The summed E-state index contributed by atoms with van der Waals surface area (Å²) in [6.07, 6.45) is 5.63. The van der Waals surface area contributed by atoms with Crippen LogP contribution >= 0.6 is 0 Å². The molecule has 2 aliphatic carbocycles. The molecule has 18 heavy (non-hydrogen) atoms. The van der Waals surface area contributed by atoms with Gasteiger partial charge in [-0.3, -0.25) is 0 Å². The third-order valence-electron chi connectivity index (χ3n) is 4.46. The summed E-state index contributed by atoms with van der Waals surface area (Å²) < 4.78 is 5.21. The highest BCUT2D eigenvalue weighted by Crippen LogP contribution is 2.47. The van der Waals surface area contributed by atoms with E-state index in [1.54, 1.807) is 6.07 Å². The lowest BCUT2D eigenvalue weighted by Gasteiger charge is -2.21. The quantitative estimate of drug-likeness (QED) is 0.841. The molecule has 2 fully saturated rings. The first-order valence-electron chi connectivity index (χ1n) is 6.75. The number of carboxylic acid groups (broad SMARTS) is 1. The molecular formula is C14H19NO3. The molecule has 4 heteroatoms. The van der Waals surface area contributed by atoms with Crippen LogP contribution in [0.25, 0.3) is 0 Å². The Kier molecular flexibility index (Phi) is 3.12. The van der Waals surface area contributed by atoms with E-state index in [2.05, 4.69) is 5.32 Å². The highest BCUT2D eigenvalue weighted by Gasteiger charge is 2.38. The molecule has 2 bridgehead atoms. The highest BCUT2D eigenvalue weighted by molar-refractivity contribution is 5.84. The topological polar surface area (TPSA) is 62.5 Å². The fraction of sp³-hybridized carbons (Fsp3) is 0.643. The zero-order valence-electron chi connectivity index (χ0n) is 10.4. The zero-order valence-corrected chi connectivity index (χ0v) is 10.4. The van der Waals surface area contributed by atoms with Crippen molar-refractivity contribution in [1.29, 1.82) is 0 Å². The largest absolute Gasteiger partial charge is 0.475 e. The van der Waals surface area contributed by atoms with Crippen LogP contribution in [-0.2, 0) is 6.54 Å². The van der Waals surface area contributed by atoms with E-state index >= 15 is 0 Å². The lowest BCUT2D eigenvalue weighted by molar-refractivity contribution is 0.0660. The van der Waals surface area contributed by atoms with E-state index < -0.39 is 5.97 Å². The molecule has 1 heterocycles. The normalized spacial score (nSPS) is 29.9. The first-order chi connectivity index (χ1) is 8.72. The lowest BCUT2D eigenvalue weighted by atomic mass is 9.89. The number of rotatable bonds is 5. The van der Waals surface area contributed by atoms with Crippen molar-refractivity contribution in [2.24, 2.45) is 17.8 Å². The predicted octanol–water partition coefficient (Wildman–Crippen LogP) is 2.50. The van der Waals surface area contributed by atoms with Crippen LogP contribution in [0.2, 0.25) is 0 Å². The maximum absolute atomic E-state index is 10.7. The molecule has 2 N–H and O–H groups in total. The smallest absolute Gasteiger partial charge is 0.371 e. The standard InChI is InChI=1S/C14H19NO3/c16-14(17)13-4-3-12(18-13)8-15-7-11-6-9-1-2-10(11)5-9/h3-4,9-11,15H,1-2,5-8H2,(H,16,17). The van der Waals surface area contributed by atoms with E-state index in [4.69, 9.17) is 9.52 Å². The minimum Gasteiger partial charge on any atom is -0.475 e. The minimum atomic E-state index is -1.01. The number of hydrogen-bond acceptors (Lipinski definition) is 3. The van der Waals surface area contributed by atoms with Crippen molar-refractivity contribution in [3.8, 4) is 0 Å². The van der Waals surface area contributed by atoms with E-state index in [0.29, 0.717) is 12.3 Å². The molecule has 0 aliphatic heterocycles. The van der Waals surface area contributed by atoms with Crippen molar-refractivity contribution in [2.75, 3.05) is 6.54 Å². The number of hydrogen-bond donors (Lipinski definition) is 2. The van der Waals surface area contributed by atoms with Crippen molar-refractivity contribution >= 4 is 5.97 Å². The number of carbonyl (C=O) groups is 1. The first kappa shape index (κ1) is 11.8. The first-order valence-corrected chi connectivity index (χ1v) is 6.75. The van der Waals surface area contributed by atoms with Crippen LogP contribution < -0.4 is 5.32 Å². The molecule has 98 valence electrons. The van der Waals surface area contributed by atoms with Crippen LogP contribution in [0.15, 0.2) is 16.5 Å². The Labute approximate surface area is 106 Å². The summed E-state index contributed by atoms with van der Waals surface area (Å²) in [7, 11) is 0. The van der Waals surface area contributed by atoms with Gasteiger partial charge >= 0.3 is 5.97 Å². The number of nitrogens with one attached hydrogen (secondary N) is 1. The van der Waals surface area contributed by atoms with Gasteiger partial charge in [-0.25, -0.2) is 4.79 Å². The van der Waals surface area contributed by atoms with Crippen molar-refractivity contribution in [3.63, 3.8) is 0 Å². The second kappa shape index (κ2) is 4.76. The number of aromatic carboxylic acids is 1. The fourth-order valence-electron chi connectivity index (χ4n) is 3.60. The van der Waals surface area contributed by atoms with Gasteiger partial charge in [-0.15, -0.1) is 0 Å². The van der Waals surface area contributed by atoms with Crippen molar-refractivity contribution < 1.29 is 14.3 Å². The summed E-state index contributed by atoms with van der Waals surface area (Å²) in [4.78, 5) is 10.7. The Balaban J connectivity index is 1.45. The molecular weight excluding hydrogens is 230 g/mol. The molecule has 0 spiro atoms. The highest BCUT2D eigenvalue weighted by atomic mass is 16.4. The molecule has 1 aromatic rings. The molecule has 2 saturated carbocycles. The maximum atomic E-state index is 10.7. The number of furan rings is 1. The third kappa shape index (κ3) is 2.29. The van der Waals surface area contributed by atoms with Gasteiger partial charge < -0.3 is 14.8 Å². The summed E-state index contributed by atoms with van der Waals surface area (Å²) in [6.45, 7) is 1.66. The maximum Gasteiger partial charge on any atom is 0.371 e. The minimum absolute atomic E-state index is 0.0201. The Hall–Kier alpha value is -1.29. The Morgan fingerprint density at radius 3 is 2.89 bits per heavy atom.